The Morgan fingerprint density at radius 2 is 1.88 bits per heavy atom. The summed E-state index contributed by atoms with van der Waals surface area (Å²) in [5.41, 5.74) is 1.42. The zero-order valence-electron chi connectivity index (χ0n) is 9.36. The fraction of sp³-hybridized carbons (Fsp3) is 0.385. The van der Waals surface area contributed by atoms with Crippen LogP contribution in [-0.4, -0.2) is 16.9 Å². The molecule has 0 radical (unpaired) electrons. The number of carboxylic acid groups (broad SMARTS) is 1. The first kappa shape index (κ1) is 10.9. The van der Waals surface area contributed by atoms with Gasteiger partial charge in [0.2, 0.25) is 0 Å². The van der Waals surface area contributed by atoms with Crippen molar-refractivity contribution in [3.63, 3.8) is 0 Å². The quantitative estimate of drug-likeness (QED) is 0.791. The van der Waals surface area contributed by atoms with E-state index in [9.17, 15) is 9.59 Å². The SMILES string of the molecule is CC(=O)c1ccc([C@]2(C)C[C@H]2C(=O)O)cc1. The van der Waals surface area contributed by atoms with Crippen LogP contribution in [0.4, 0.5) is 0 Å². The first-order valence-corrected chi connectivity index (χ1v) is 5.29. The van der Waals surface area contributed by atoms with E-state index in [1.165, 1.54) is 6.92 Å². The summed E-state index contributed by atoms with van der Waals surface area (Å²) in [6.45, 7) is 3.47. The summed E-state index contributed by atoms with van der Waals surface area (Å²) >= 11 is 0. The molecular formula is C13H14O3. The third-order valence-corrected chi connectivity index (χ3v) is 3.49. The Labute approximate surface area is 94.1 Å². The van der Waals surface area contributed by atoms with Gasteiger partial charge in [-0.1, -0.05) is 31.2 Å². The van der Waals surface area contributed by atoms with E-state index < -0.39 is 5.97 Å². The predicted molar refractivity (Wildman–Crippen MR) is 59.5 cm³/mol. The van der Waals surface area contributed by atoms with Crippen molar-refractivity contribution in [3.05, 3.63) is 35.4 Å². The summed E-state index contributed by atoms with van der Waals surface area (Å²) in [6, 6.07) is 7.25. The average Bonchev–Trinajstić information content (AvgIpc) is 2.93. The number of carbonyl (C=O) groups is 2. The number of hydrogen-bond donors (Lipinski definition) is 1. The number of carboxylic acids is 1. The Bertz CT molecular complexity index is 447. The number of ketones is 1. The Kier molecular flexibility index (Phi) is 2.34. The van der Waals surface area contributed by atoms with Crippen molar-refractivity contribution in [1.29, 1.82) is 0 Å². The van der Waals surface area contributed by atoms with Crippen LogP contribution in [0.5, 0.6) is 0 Å². The molecule has 16 heavy (non-hydrogen) atoms. The fourth-order valence-corrected chi connectivity index (χ4v) is 2.13. The minimum absolute atomic E-state index is 0.0299. The fourth-order valence-electron chi connectivity index (χ4n) is 2.13. The van der Waals surface area contributed by atoms with Gasteiger partial charge in [0.1, 0.15) is 0 Å². The van der Waals surface area contributed by atoms with Crippen molar-refractivity contribution in [2.75, 3.05) is 0 Å². The standard InChI is InChI=1S/C13H14O3/c1-8(14)9-3-5-10(6-4-9)13(2)7-11(13)12(15)16/h3-6,11H,7H2,1-2H3,(H,15,16)/t11-,13-/m0/s1. The molecule has 2 rings (SSSR count). The van der Waals surface area contributed by atoms with Gasteiger partial charge in [0, 0.05) is 11.0 Å². The lowest BCUT2D eigenvalue weighted by molar-refractivity contribution is -0.138. The van der Waals surface area contributed by atoms with E-state index in [4.69, 9.17) is 5.11 Å². The normalized spacial score (nSPS) is 27.5. The molecule has 1 saturated carbocycles. The Morgan fingerprint density at radius 3 is 2.25 bits per heavy atom. The van der Waals surface area contributed by atoms with Crippen LogP contribution >= 0.6 is 0 Å². The van der Waals surface area contributed by atoms with Crippen LogP contribution in [0.15, 0.2) is 24.3 Å². The third-order valence-electron chi connectivity index (χ3n) is 3.49. The molecule has 1 aliphatic rings. The number of hydrogen-bond acceptors (Lipinski definition) is 2. The lowest BCUT2D eigenvalue weighted by Gasteiger charge is -2.10. The molecule has 2 atom stereocenters. The maximum atomic E-state index is 11.1. The topological polar surface area (TPSA) is 54.4 Å². The second-order valence-corrected chi connectivity index (χ2v) is 4.65. The maximum absolute atomic E-state index is 11.1. The van der Waals surface area contributed by atoms with Crippen LogP contribution < -0.4 is 0 Å². The lowest BCUT2D eigenvalue weighted by Crippen LogP contribution is -2.11. The zero-order chi connectivity index (χ0) is 11.9. The molecule has 1 aliphatic carbocycles. The number of aliphatic carboxylic acids is 1. The summed E-state index contributed by atoms with van der Waals surface area (Å²) in [4.78, 5) is 22.0. The van der Waals surface area contributed by atoms with E-state index in [0.29, 0.717) is 12.0 Å². The zero-order valence-corrected chi connectivity index (χ0v) is 9.36. The van der Waals surface area contributed by atoms with Crippen LogP contribution in [0.25, 0.3) is 0 Å². The molecule has 84 valence electrons. The molecule has 1 N–H and O–H groups in total. The molecule has 0 heterocycles. The smallest absolute Gasteiger partial charge is 0.307 e. The molecule has 1 aromatic rings. The van der Waals surface area contributed by atoms with Gasteiger partial charge in [0.05, 0.1) is 5.92 Å². The number of rotatable bonds is 3. The van der Waals surface area contributed by atoms with Gasteiger partial charge in [0.25, 0.3) is 0 Å². The molecule has 3 heteroatoms. The van der Waals surface area contributed by atoms with Crippen molar-refractivity contribution < 1.29 is 14.7 Å². The minimum Gasteiger partial charge on any atom is -0.481 e. The highest BCUT2D eigenvalue weighted by Gasteiger charge is 2.55. The summed E-state index contributed by atoms with van der Waals surface area (Å²) in [5.74, 6) is -0.990. The van der Waals surface area contributed by atoms with Gasteiger partial charge in [-0.05, 0) is 18.9 Å². The van der Waals surface area contributed by atoms with Gasteiger partial charge in [-0.3, -0.25) is 9.59 Å². The van der Waals surface area contributed by atoms with Crippen LogP contribution in [0, 0.1) is 5.92 Å². The van der Waals surface area contributed by atoms with E-state index in [1.807, 2.05) is 19.1 Å². The minimum atomic E-state index is -0.738. The second kappa shape index (κ2) is 3.44. The van der Waals surface area contributed by atoms with E-state index in [1.54, 1.807) is 12.1 Å². The molecule has 0 spiro atoms. The Morgan fingerprint density at radius 1 is 1.31 bits per heavy atom. The van der Waals surface area contributed by atoms with E-state index >= 15 is 0 Å². The summed E-state index contributed by atoms with van der Waals surface area (Å²) in [6.07, 6.45) is 0.682. The van der Waals surface area contributed by atoms with Gasteiger partial charge in [-0.2, -0.15) is 0 Å². The molecule has 0 unspecified atom stereocenters. The third kappa shape index (κ3) is 1.62. The van der Waals surface area contributed by atoms with Crippen molar-refractivity contribution in [2.24, 2.45) is 5.92 Å². The van der Waals surface area contributed by atoms with E-state index in [2.05, 4.69) is 0 Å². The van der Waals surface area contributed by atoms with Crippen molar-refractivity contribution in [1.82, 2.24) is 0 Å². The number of Topliss-reactive ketones (excluding diaryl/α,β-unsaturated/α-hetero) is 1. The molecule has 0 saturated heterocycles. The highest BCUT2D eigenvalue weighted by molar-refractivity contribution is 5.94. The maximum Gasteiger partial charge on any atom is 0.307 e. The molecule has 0 amide bonds. The highest BCUT2D eigenvalue weighted by atomic mass is 16.4. The predicted octanol–water partition coefficient (Wildman–Crippen LogP) is 2.25. The largest absolute Gasteiger partial charge is 0.481 e. The van der Waals surface area contributed by atoms with Crippen LogP contribution in [0.1, 0.15) is 36.2 Å². The van der Waals surface area contributed by atoms with Crippen molar-refractivity contribution in [2.45, 2.75) is 25.7 Å². The van der Waals surface area contributed by atoms with Gasteiger partial charge >= 0.3 is 5.97 Å². The molecule has 3 nitrogen and oxygen atoms in total. The summed E-state index contributed by atoms with van der Waals surface area (Å²) < 4.78 is 0. The van der Waals surface area contributed by atoms with Gasteiger partial charge < -0.3 is 5.11 Å². The van der Waals surface area contributed by atoms with Gasteiger partial charge in [0.15, 0.2) is 5.78 Å². The molecule has 1 fully saturated rings. The Hall–Kier alpha value is -1.64. The first-order valence-electron chi connectivity index (χ1n) is 5.29. The number of benzene rings is 1. The Balaban J connectivity index is 2.24. The highest BCUT2D eigenvalue weighted by Crippen LogP contribution is 2.53. The first-order chi connectivity index (χ1) is 7.45. The van der Waals surface area contributed by atoms with Crippen molar-refractivity contribution >= 4 is 11.8 Å². The lowest BCUT2D eigenvalue weighted by atomic mass is 9.94. The molecule has 0 aromatic heterocycles. The summed E-state index contributed by atoms with van der Waals surface area (Å²) in [5, 5.41) is 8.94. The van der Waals surface area contributed by atoms with Crippen LogP contribution in [0.2, 0.25) is 0 Å². The van der Waals surface area contributed by atoms with Crippen LogP contribution in [0.3, 0.4) is 0 Å². The van der Waals surface area contributed by atoms with E-state index in [-0.39, 0.29) is 17.1 Å². The average molecular weight is 218 g/mol. The van der Waals surface area contributed by atoms with Gasteiger partial charge in [-0.15, -0.1) is 0 Å². The summed E-state index contributed by atoms with van der Waals surface area (Å²) in [7, 11) is 0. The van der Waals surface area contributed by atoms with Gasteiger partial charge in [-0.25, -0.2) is 0 Å². The van der Waals surface area contributed by atoms with Crippen molar-refractivity contribution in [3.8, 4) is 0 Å². The van der Waals surface area contributed by atoms with Crippen LogP contribution in [-0.2, 0) is 10.2 Å². The molecule has 1 aromatic carbocycles. The van der Waals surface area contributed by atoms with E-state index in [0.717, 1.165) is 5.56 Å². The molecule has 0 aliphatic heterocycles. The molecule has 0 bridgehead atoms. The second-order valence-electron chi connectivity index (χ2n) is 4.65. The number of carbonyl (C=O) groups excluding carboxylic acids is 1. The monoisotopic (exact) mass is 218 g/mol. The molecular weight excluding hydrogens is 204 g/mol.